The van der Waals surface area contributed by atoms with Crippen molar-refractivity contribution in [3.8, 4) is 11.5 Å². The highest BCUT2D eigenvalue weighted by atomic mass is 16.6. The van der Waals surface area contributed by atoms with Crippen LogP contribution in [0.25, 0.3) is 11.5 Å². The molecule has 10 nitrogen and oxygen atoms in total. The highest BCUT2D eigenvalue weighted by Gasteiger charge is 2.22. The lowest BCUT2D eigenvalue weighted by Crippen LogP contribution is -2.10. The van der Waals surface area contributed by atoms with E-state index in [4.69, 9.17) is 9.15 Å². The molecule has 0 saturated carbocycles. The molecule has 10 heteroatoms. The topological polar surface area (TPSA) is 126 Å². The maximum Gasteiger partial charge on any atom is 0.342 e. The van der Waals surface area contributed by atoms with Crippen LogP contribution in [0.15, 0.2) is 34.9 Å². The molecular weight excluding hydrogens is 342 g/mol. The first-order valence-electron chi connectivity index (χ1n) is 7.64. The molecule has 0 fully saturated rings. The number of hydrogen-bond acceptors (Lipinski definition) is 8. The fraction of sp³-hybridized carbons (Fsp3) is 0.250. The summed E-state index contributed by atoms with van der Waals surface area (Å²) in [6, 6.07) is 5.69. The van der Waals surface area contributed by atoms with Crippen molar-refractivity contribution in [3.63, 3.8) is 0 Å². The first kappa shape index (κ1) is 17.3. The lowest BCUT2D eigenvalue weighted by Gasteiger charge is -2.08. The molecular formula is C16H15N5O5. The molecule has 0 aliphatic carbocycles. The smallest absolute Gasteiger partial charge is 0.342 e. The van der Waals surface area contributed by atoms with Gasteiger partial charge in [0.1, 0.15) is 5.56 Å². The molecule has 2 heterocycles. The van der Waals surface area contributed by atoms with Crippen LogP contribution in [0.1, 0.15) is 35.0 Å². The largest absolute Gasteiger partial charge is 0.449 e. The van der Waals surface area contributed by atoms with Gasteiger partial charge in [-0.2, -0.15) is 5.10 Å². The molecule has 0 aliphatic rings. The van der Waals surface area contributed by atoms with Crippen LogP contribution in [0.5, 0.6) is 0 Å². The molecule has 1 atom stereocenters. The molecule has 2 aromatic heterocycles. The van der Waals surface area contributed by atoms with E-state index in [2.05, 4.69) is 15.3 Å². The summed E-state index contributed by atoms with van der Waals surface area (Å²) in [5.41, 5.74) is 1.52. The van der Waals surface area contributed by atoms with Crippen molar-refractivity contribution in [2.45, 2.75) is 20.0 Å². The summed E-state index contributed by atoms with van der Waals surface area (Å²) < 4.78 is 12.4. The second-order valence-electron chi connectivity index (χ2n) is 5.56. The average Bonchev–Trinajstić information content (AvgIpc) is 3.23. The van der Waals surface area contributed by atoms with Gasteiger partial charge in [0.15, 0.2) is 6.10 Å². The van der Waals surface area contributed by atoms with Gasteiger partial charge in [-0.3, -0.25) is 14.8 Å². The standard InChI is InChI=1S/C16H15N5O5/c1-9-13(8-17-20(9)3)16(22)25-10(2)14-18-19-15(26-14)11-4-6-12(7-5-11)21(23)24/h4-8,10H,1-3H3/t10-/m1/s1. The number of nitro benzene ring substituents is 1. The second-order valence-corrected chi connectivity index (χ2v) is 5.56. The summed E-state index contributed by atoms with van der Waals surface area (Å²) in [6.07, 6.45) is 0.668. The normalized spacial score (nSPS) is 12.0. The summed E-state index contributed by atoms with van der Waals surface area (Å²) in [5.74, 6) is -0.248. The van der Waals surface area contributed by atoms with Crippen molar-refractivity contribution in [1.82, 2.24) is 20.0 Å². The number of esters is 1. The van der Waals surface area contributed by atoms with Crippen LogP contribution >= 0.6 is 0 Å². The molecule has 3 rings (SSSR count). The molecule has 0 saturated heterocycles. The Kier molecular flexibility index (Phi) is 4.48. The number of non-ortho nitro benzene ring substituents is 1. The first-order chi connectivity index (χ1) is 12.4. The van der Waals surface area contributed by atoms with Gasteiger partial charge in [0.2, 0.25) is 5.89 Å². The highest BCUT2D eigenvalue weighted by Crippen LogP contribution is 2.25. The van der Waals surface area contributed by atoms with Gasteiger partial charge in [-0.15, -0.1) is 10.2 Å². The van der Waals surface area contributed by atoms with Crippen molar-refractivity contribution in [1.29, 1.82) is 0 Å². The number of benzene rings is 1. The van der Waals surface area contributed by atoms with Crippen LogP contribution in [-0.2, 0) is 11.8 Å². The molecule has 0 radical (unpaired) electrons. The number of nitrogens with zero attached hydrogens (tertiary/aromatic N) is 5. The Balaban J connectivity index is 1.73. The third-order valence-corrected chi connectivity index (χ3v) is 3.85. The van der Waals surface area contributed by atoms with E-state index in [1.54, 1.807) is 25.6 Å². The molecule has 0 aliphatic heterocycles. The van der Waals surface area contributed by atoms with E-state index >= 15 is 0 Å². The predicted octanol–water partition coefficient (Wildman–Crippen LogP) is 2.60. The predicted molar refractivity (Wildman–Crippen MR) is 88.2 cm³/mol. The Morgan fingerprint density at radius 3 is 2.58 bits per heavy atom. The van der Waals surface area contributed by atoms with Crippen LogP contribution in [0.4, 0.5) is 5.69 Å². The lowest BCUT2D eigenvalue weighted by molar-refractivity contribution is -0.384. The van der Waals surface area contributed by atoms with Crippen molar-refractivity contribution < 1.29 is 18.9 Å². The third-order valence-electron chi connectivity index (χ3n) is 3.85. The molecule has 0 amide bonds. The number of rotatable bonds is 5. The van der Waals surface area contributed by atoms with E-state index < -0.39 is 17.0 Å². The summed E-state index contributed by atoms with van der Waals surface area (Å²) in [6.45, 7) is 3.37. The van der Waals surface area contributed by atoms with Gasteiger partial charge in [0.25, 0.3) is 11.6 Å². The molecule has 26 heavy (non-hydrogen) atoms. The monoisotopic (exact) mass is 357 g/mol. The van der Waals surface area contributed by atoms with Gasteiger partial charge in [0.05, 0.1) is 11.1 Å². The number of nitro groups is 1. The minimum atomic E-state index is -0.763. The first-order valence-corrected chi connectivity index (χ1v) is 7.64. The van der Waals surface area contributed by atoms with E-state index in [9.17, 15) is 14.9 Å². The van der Waals surface area contributed by atoms with Crippen LogP contribution in [0.2, 0.25) is 0 Å². The van der Waals surface area contributed by atoms with Gasteiger partial charge in [0, 0.05) is 30.4 Å². The summed E-state index contributed by atoms with van der Waals surface area (Å²) in [5, 5.41) is 22.4. The van der Waals surface area contributed by atoms with E-state index in [0.29, 0.717) is 16.8 Å². The number of aryl methyl sites for hydroxylation is 1. The van der Waals surface area contributed by atoms with E-state index in [-0.39, 0.29) is 17.5 Å². The Morgan fingerprint density at radius 2 is 2.00 bits per heavy atom. The molecule has 3 aromatic rings. The fourth-order valence-electron chi connectivity index (χ4n) is 2.21. The Hall–Kier alpha value is -3.56. The SMILES string of the molecule is Cc1c(C(=O)O[C@H](C)c2nnc(-c3ccc([N+](=O)[O-])cc3)o2)cnn1C. The molecule has 0 bridgehead atoms. The molecule has 0 spiro atoms. The number of hydrogen-bond donors (Lipinski definition) is 0. The zero-order valence-corrected chi connectivity index (χ0v) is 14.2. The zero-order chi connectivity index (χ0) is 18.8. The summed E-state index contributed by atoms with van der Waals surface area (Å²) in [4.78, 5) is 22.4. The highest BCUT2D eigenvalue weighted by molar-refractivity contribution is 5.90. The molecule has 0 unspecified atom stereocenters. The summed E-state index contributed by atoms with van der Waals surface area (Å²) in [7, 11) is 1.73. The molecule has 0 N–H and O–H groups in total. The minimum absolute atomic E-state index is 0.0392. The Bertz CT molecular complexity index is 960. The average molecular weight is 357 g/mol. The van der Waals surface area contributed by atoms with E-state index in [1.807, 2.05) is 0 Å². The number of carbonyl (C=O) groups is 1. The molecule has 1 aromatic carbocycles. The van der Waals surface area contributed by atoms with Crippen LogP contribution in [0, 0.1) is 17.0 Å². The van der Waals surface area contributed by atoms with Gasteiger partial charge in [-0.25, -0.2) is 4.79 Å². The summed E-state index contributed by atoms with van der Waals surface area (Å²) >= 11 is 0. The maximum absolute atomic E-state index is 12.2. The third kappa shape index (κ3) is 3.29. The lowest BCUT2D eigenvalue weighted by atomic mass is 10.2. The zero-order valence-electron chi connectivity index (χ0n) is 14.2. The van der Waals surface area contributed by atoms with E-state index in [0.717, 1.165) is 0 Å². The number of aromatic nitrogens is 4. The van der Waals surface area contributed by atoms with Crippen LogP contribution in [0.3, 0.4) is 0 Å². The van der Waals surface area contributed by atoms with Crippen molar-refractivity contribution >= 4 is 11.7 Å². The van der Waals surface area contributed by atoms with Gasteiger partial charge >= 0.3 is 5.97 Å². The van der Waals surface area contributed by atoms with Gasteiger partial charge in [-0.05, 0) is 26.0 Å². The van der Waals surface area contributed by atoms with Gasteiger partial charge < -0.3 is 9.15 Å². The van der Waals surface area contributed by atoms with Crippen molar-refractivity contribution in [3.05, 3.63) is 57.7 Å². The molecule has 134 valence electrons. The number of carbonyl (C=O) groups excluding carboxylic acids is 1. The second kappa shape index (κ2) is 6.75. The maximum atomic E-state index is 12.2. The van der Waals surface area contributed by atoms with Crippen molar-refractivity contribution in [2.75, 3.05) is 0 Å². The van der Waals surface area contributed by atoms with Gasteiger partial charge in [-0.1, -0.05) is 0 Å². The Labute approximate surface area is 147 Å². The number of ether oxygens (including phenoxy) is 1. The van der Waals surface area contributed by atoms with Crippen LogP contribution in [-0.4, -0.2) is 30.9 Å². The fourth-order valence-corrected chi connectivity index (χ4v) is 2.21. The minimum Gasteiger partial charge on any atom is -0.449 e. The van der Waals surface area contributed by atoms with E-state index in [1.165, 1.54) is 30.5 Å². The Morgan fingerprint density at radius 1 is 1.31 bits per heavy atom. The van der Waals surface area contributed by atoms with Crippen molar-refractivity contribution in [2.24, 2.45) is 7.05 Å². The quantitative estimate of drug-likeness (QED) is 0.387. The van der Waals surface area contributed by atoms with Crippen LogP contribution < -0.4 is 0 Å².